The van der Waals surface area contributed by atoms with E-state index in [2.05, 4.69) is 23.3 Å². The van der Waals surface area contributed by atoms with Crippen LogP contribution in [0.25, 0.3) is 6.08 Å². The van der Waals surface area contributed by atoms with E-state index in [0.29, 0.717) is 0 Å². The monoisotopic (exact) mass is 425 g/mol. The molecule has 0 aliphatic carbocycles. The van der Waals surface area contributed by atoms with Crippen LogP contribution in [-0.2, 0) is 5.54 Å². The molecule has 0 aromatic heterocycles. The summed E-state index contributed by atoms with van der Waals surface area (Å²) in [5.41, 5.74) is 2.17. The van der Waals surface area contributed by atoms with Crippen molar-refractivity contribution in [2.45, 2.75) is 10.8 Å². The van der Waals surface area contributed by atoms with Gasteiger partial charge in [-0.25, -0.2) is 0 Å². The predicted molar refractivity (Wildman–Crippen MR) is 126 cm³/mol. The summed E-state index contributed by atoms with van der Waals surface area (Å²) < 4.78 is 10.6. The Morgan fingerprint density at radius 3 is 1.83 bits per heavy atom. The Morgan fingerprint density at radius 1 is 0.967 bits per heavy atom. The lowest BCUT2D eigenvalue weighted by Crippen LogP contribution is -2.50. The second-order valence-corrected chi connectivity index (χ2v) is 8.30. The van der Waals surface area contributed by atoms with Crippen molar-refractivity contribution in [2.75, 3.05) is 48.7 Å². The maximum Gasteiger partial charge on any atom is 0.151 e. The van der Waals surface area contributed by atoms with Crippen LogP contribution in [0.4, 0.5) is 0 Å². The highest BCUT2D eigenvalue weighted by Gasteiger charge is 2.45. The number of hydrogen-bond acceptors (Lipinski definition) is 6. The van der Waals surface area contributed by atoms with Crippen LogP contribution >= 0.6 is 11.8 Å². The van der Waals surface area contributed by atoms with E-state index >= 15 is 0 Å². The Kier molecular flexibility index (Phi) is 8.22. The lowest BCUT2D eigenvalue weighted by Gasteiger charge is -2.42. The minimum Gasteiger partial charge on any atom is -0.497 e. The van der Waals surface area contributed by atoms with E-state index in [-0.39, 0.29) is 5.25 Å². The first-order valence-electron chi connectivity index (χ1n) is 9.63. The summed E-state index contributed by atoms with van der Waals surface area (Å²) in [6.07, 6.45) is 4.19. The van der Waals surface area contributed by atoms with E-state index in [1.807, 2.05) is 81.6 Å². The van der Waals surface area contributed by atoms with Gasteiger partial charge >= 0.3 is 0 Å². The second kappa shape index (κ2) is 10.4. The van der Waals surface area contributed by atoms with Crippen molar-refractivity contribution in [3.8, 4) is 17.6 Å². The van der Waals surface area contributed by atoms with Crippen LogP contribution in [0, 0.1) is 11.3 Å². The van der Waals surface area contributed by atoms with Crippen LogP contribution in [-0.4, -0.2) is 63.7 Å². The number of thioether (sulfide) groups is 1. The summed E-state index contributed by atoms with van der Waals surface area (Å²) in [5, 5.41) is 10.4. The minimum atomic E-state index is -0.867. The zero-order chi connectivity index (χ0) is 22.3. The van der Waals surface area contributed by atoms with Crippen molar-refractivity contribution in [3.63, 3.8) is 0 Å². The first kappa shape index (κ1) is 23.7. The van der Waals surface area contributed by atoms with Crippen LogP contribution in [0.2, 0.25) is 0 Å². The summed E-state index contributed by atoms with van der Waals surface area (Å²) >= 11 is 1.67. The second-order valence-electron chi connectivity index (χ2n) is 7.35. The van der Waals surface area contributed by atoms with Gasteiger partial charge in [-0.3, -0.25) is 4.90 Å². The molecule has 0 N–H and O–H groups in total. The predicted octanol–water partition coefficient (Wildman–Crippen LogP) is 4.32. The van der Waals surface area contributed by atoms with Gasteiger partial charge in [0.25, 0.3) is 0 Å². The standard InChI is InChI=1S/C24H31N3O2S/c1-26(2)22(16-18-8-12-20(28-5)13-9-18)23(30-7)24(17-25,27(3)4)19-10-14-21(29-6)15-11-19/h8-16,23H,1-7H3/b22-16-. The first-order chi connectivity index (χ1) is 14.3. The van der Waals surface area contributed by atoms with Crippen molar-refractivity contribution in [3.05, 3.63) is 65.4 Å². The number of ether oxygens (including phenoxy) is 2. The average molecular weight is 426 g/mol. The molecule has 2 unspecified atom stereocenters. The van der Waals surface area contributed by atoms with E-state index in [1.54, 1.807) is 26.0 Å². The number of nitriles is 1. The molecular weight excluding hydrogens is 394 g/mol. The van der Waals surface area contributed by atoms with Crippen LogP contribution < -0.4 is 9.47 Å². The van der Waals surface area contributed by atoms with E-state index in [9.17, 15) is 5.26 Å². The van der Waals surface area contributed by atoms with Gasteiger partial charge in [0, 0.05) is 19.8 Å². The molecule has 2 atom stereocenters. The molecule has 2 rings (SSSR count). The molecule has 6 heteroatoms. The van der Waals surface area contributed by atoms with Gasteiger partial charge in [0.15, 0.2) is 5.54 Å². The third-order valence-corrected chi connectivity index (χ3v) is 6.29. The Balaban J connectivity index is 2.64. The van der Waals surface area contributed by atoms with Crippen molar-refractivity contribution >= 4 is 17.8 Å². The SMILES string of the molecule is COc1ccc(/C=C(/C(SC)C(C#N)(c2ccc(OC)cc2)N(C)C)N(C)C)cc1. The number of methoxy groups -OCH3 is 2. The minimum absolute atomic E-state index is 0.136. The van der Waals surface area contributed by atoms with Gasteiger partial charge in [0.2, 0.25) is 0 Å². The van der Waals surface area contributed by atoms with Gasteiger partial charge in [-0.2, -0.15) is 17.0 Å². The van der Waals surface area contributed by atoms with Crippen LogP contribution in [0.5, 0.6) is 11.5 Å². The largest absolute Gasteiger partial charge is 0.497 e. The van der Waals surface area contributed by atoms with Gasteiger partial charge < -0.3 is 14.4 Å². The molecule has 30 heavy (non-hydrogen) atoms. The normalized spacial score (nSPS) is 14.6. The molecule has 0 radical (unpaired) electrons. The van der Waals surface area contributed by atoms with Crippen molar-refractivity contribution in [2.24, 2.45) is 0 Å². The van der Waals surface area contributed by atoms with Gasteiger partial charge in [0.05, 0.1) is 25.5 Å². The van der Waals surface area contributed by atoms with Gasteiger partial charge in [0.1, 0.15) is 11.5 Å². The highest BCUT2D eigenvalue weighted by atomic mass is 32.2. The zero-order valence-corrected chi connectivity index (χ0v) is 19.7. The summed E-state index contributed by atoms with van der Waals surface area (Å²) in [7, 11) is 11.3. The van der Waals surface area contributed by atoms with Gasteiger partial charge in [-0.15, -0.1) is 0 Å². The molecule has 5 nitrogen and oxygen atoms in total. The molecule has 2 aromatic rings. The molecule has 0 saturated heterocycles. The summed E-state index contributed by atoms with van der Waals surface area (Å²) in [6.45, 7) is 0. The Labute approximate surface area is 184 Å². The highest BCUT2D eigenvalue weighted by Crippen LogP contribution is 2.41. The Bertz CT molecular complexity index is 886. The zero-order valence-electron chi connectivity index (χ0n) is 18.8. The van der Waals surface area contributed by atoms with Crippen molar-refractivity contribution < 1.29 is 9.47 Å². The Hall–Kier alpha value is -2.62. The molecule has 160 valence electrons. The highest BCUT2D eigenvalue weighted by molar-refractivity contribution is 7.99. The lowest BCUT2D eigenvalue weighted by molar-refractivity contribution is 0.212. The molecule has 0 aliphatic heterocycles. The molecule has 0 heterocycles. The van der Waals surface area contributed by atoms with E-state index < -0.39 is 5.54 Å². The number of benzene rings is 2. The first-order valence-corrected chi connectivity index (χ1v) is 10.9. The lowest BCUT2D eigenvalue weighted by atomic mass is 9.84. The molecule has 0 aliphatic rings. The quantitative estimate of drug-likeness (QED) is 0.596. The van der Waals surface area contributed by atoms with E-state index in [1.165, 1.54) is 0 Å². The molecule has 0 saturated carbocycles. The molecule has 0 spiro atoms. The van der Waals surface area contributed by atoms with E-state index in [0.717, 1.165) is 28.3 Å². The van der Waals surface area contributed by atoms with Crippen LogP contribution in [0.3, 0.4) is 0 Å². The fraction of sp³-hybridized carbons (Fsp3) is 0.375. The molecule has 0 amide bonds. The topological polar surface area (TPSA) is 48.7 Å². The fourth-order valence-corrected chi connectivity index (χ4v) is 4.79. The van der Waals surface area contributed by atoms with Crippen molar-refractivity contribution in [1.82, 2.24) is 9.80 Å². The van der Waals surface area contributed by atoms with Gasteiger partial charge in [-0.1, -0.05) is 24.3 Å². The molecular formula is C24H31N3O2S. The Morgan fingerprint density at radius 2 is 1.47 bits per heavy atom. The third-order valence-electron chi connectivity index (χ3n) is 5.24. The average Bonchev–Trinajstić information content (AvgIpc) is 2.76. The fourth-order valence-electron chi connectivity index (χ4n) is 3.53. The maximum absolute atomic E-state index is 10.5. The smallest absolute Gasteiger partial charge is 0.151 e. The maximum atomic E-state index is 10.5. The number of nitrogens with zero attached hydrogens (tertiary/aromatic N) is 3. The van der Waals surface area contributed by atoms with E-state index in [4.69, 9.17) is 9.47 Å². The molecule has 2 aromatic carbocycles. The number of hydrogen-bond donors (Lipinski definition) is 0. The molecule has 0 bridgehead atoms. The van der Waals surface area contributed by atoms with Gasteiger partial charge in [-0.05, 0) is 61.8 Å². The molecule has 0 fully saturated rings. The third kappa shape index (κ3) is 4.75. The number of rotatable bonds is 9. The summed E-state index contributed by atoms with van der Waals surface area (Å²) in [6, 6.07) is 18.3. The van der Waals surface area contributed by atoms with Crippen LogP contribution in [0.1, 0.15) is 11.1 Å². The van der Waals surface area contributed by atoms with Crippen molar-refractivity contribution in [1.29, 1.82) is 5.26 Å². The summed E-state index contributed by atoms with van der Waals surface area (Å²) in [5.74, 6) is 1.59. The summed E-state index contributed by atoms with van der Waals surface area (Å²) in [4.78, 5) is 4.09. The van der Waals surface area contributed by atoms with Crippen LogP contribution in [0.15, 0.2) is 54.2 Å².